The largest absolute Gasteiger partial charge is 0.531 e. The summed E-state index contributed by atoms with van der Waals surface area (Å²) in [5, 5.41) is 0.598. The van der Waals surface area contributed by atoms with Crippen LogP contribution in [0.25, 0.3) is 22.0 Å². The zero-order chi connectivity index (χ0) is 28.4. The van der Waals surface area contributed by atoms with Gasteiger partial charge in [0, 0.05) is 11.8 Å². The molecule has 0 N–H and O–H groups in total. The van der Waals surface area contributed by atoms with Crippen LogP contribution >= 0.6 is 7.82 Å². The highest BCUT2D eigenvalue weighted by Crippen LogP contribution is 2.54. The highest BCUT2D eigenvalue weighted by molar-refractivity contribution is 7.48. The van der Waals surface area contributed by atoms with Gasteiger partial charge in [0.1, 0.15) is 18.2 Å². The van der Waals surface area contributed by atoms with Gasteiger partial charge in [-0.1, -0.05) is 25.6 Å². The van der Waals surface area contributed by atoms with Gasteiger partial charge in [0.25, 0.3) is 0 Å². The van der Waals surface area contributed by atoms with Crippen molar-refractivity contribution in [2.24, 2.45) is 0 Å². The molecule has 0 saturated heterocycles. The molecule has 39 heavy (non-hydrogen) atoms. The number of methoxy groups -OCH3 is 1. The molecule has 0 radical (unpaired) electrons. The van der Waals surface area contributed by atoms with E-state index in [1.807, 2.05) is 37.3 Å². The molecule has 1 aliphatic carbocycles. The summed E-state index contributed by atoms with van der Waals surface area (Å²) in [4.78, 5) is 14.1. The van der Waals surface area contributed by atoms with Crippen molar-refractivity contribution < 1.29 is 27.6 Å². The molecule has 0 bridgehead atoms. The highest BCUT2D eigenvalue weighted by atomic mass is 31.2. The third-order valence-corrected chi connectivity index (χ3v) is 7.99. The van der Waals surface area contributed by atoms with Gasteiger partial charge in [0.2, 0.25) is 0 Å². The van der Waals surface area contributed by atoms with Crippen LogP contribution in [0.15, 0.2) is 53.7 Å². The van der Waals surface area contributed by atoms with Crippen molar-refractivity contribution in [2.75, 3.05) is 13.7 Å². The molecule has 1 aliphatic rings. The van der Waals surface area contributed by atoms with Gasteiger partial charge in [-0.25, -0.2) is 4.57 Å². The van der Waals surface area contributed by atoms with E-state index >= 15 is 0 Å². The first-order valence-corrected chi connectivity index (χ1v) is 14.7. The van der Waals surface area contributed by atoms with Crippen molar-refractivity contribution >= 4 is 18.7 Å². The van der Waals surface area contributed by atoms with E-state index in [2.05, 4.69) is 6.58 Å². The average molecular weight is 556 g/mol. The fraction of sp³-hybridized carbons (Fsp3) is 0.433. The van der Waals surface area contributed by atoms with E-state index in [0.29, 0.717) is 34.6 Å². The van der Waals surface area contributed by atoms with Crippen LogP contribution < -0.4 is 14.9 Å². The number of aryl methyl sites for hydroxylation is 2. The van der Waals surface area contributed by atoms with Crippen LogP contribution in [-0.2, 0) is 37.7 Å². The third-order valence-electron chi connectivity index (χ3n) is 6.25. The smallest absolute Gasteiger partial charge is 0.497 e. The van der Waals surface area contributed by atoms with E-state index in [1.54, 1.807) is 45.6 Å². The van der Waals surface area contributed by atoms with Crippen LogP contribution in [0.4, 0.5) is 0 Å². The molecule has 4 rings (SSSR count). The van der Waals surface area contributed by atoms with Crippen LogP contribution in [-0.4, -0.2) is 23.9 Å². The van der Waals surface area contributed by atoms with Gasteiger partial charge in [-0.3, -0.25) is 13.8 Å². The third kappa shape index (κ3) is 6.57. The number of fused-ring (bicyclic) bond motifs is 3. The molecule has 1 unspecified atom stereocenters. The number of benzene rings is 2. The maximum absolute atomic E-state index is 14.1. The zero-order valence-corrected chi connectivity index (χ0v) is 24.6. The number of nitrogens with zero attached hydrogens (tertiary/aromatic N) is 1. The van der Waals surface area contributed by atoms with Crippen LogP contribution in [0.2, 0.25) is 0 Å². The summed E-state index contributed by atoms with van der Waals surface area (Å²) < 4.78 is 44.0. The first kappa shape index (κ1) is 28.9. The minimum Gasteiger partial charge on any atom is -0.497 e. The minimum absolute atomic E-state index is 0.0844. The number of aromatic nitrogens is 1. The van der Waals surface area contributed by atoms with Gasteiger partial charge >= 0.3 is 7.82 Å². The Morgan fingerprint density at radius 3 is 2.49 bits per heavy atom. The topological polar surface area (TPSA) is 85.2 Å². The van der Waals surface area contributed by atoms with E-state index in [4.69, 9.17) is 23.0 Å². The Labute approximate surface area is 230 Å². The summed E-state index contributed by atoms with van der Waals surface area (Å²) in [5.41, 5.74) is 3.08. The van der Waals surface area contributed by atoms with E-state index in [0.717, 1.165) is 42.4 Å². The molecule has 0 aliphatic heterocycles. The van der Waals surface area contributed by atoms with Crippen molar-refractivity contribution in [3.8, 4) is 22.6 Å². The van der Waals surface area contributed by atoms with Crippen LogP contribution in [0.1, 0.15) is 58.6 Å². The van der Waals surface area contributed by atoms with E-state index in [9.17, 15) is 9.36 Å². The molecule has 0 fully saturated rings. The normalized spacial score (nSPS) is 14.6. The van der Waals surface area contributed by atoms with Gasteiger partial charge in [0.15, 0.2) is 5.43 Å². The Bertz CT molecular complexity index is 1470. The lowest BCUT2D eigenvalue weighted by atomic mass is 9.98. The summed E-state index contributed by atoms with van der Waals surface area (Å²) in [6.45, 7) is 12.9. The van der Waals surface area contributed by atoms with Gasteiger partial charge in [-0.2, -0.15) is 0 Å². The number of hydrogen-bond acceptors (Lipinski definition) is 7. The minimum atomic E-state index is -4.06. The molecule has 0 saturated carbocycles. The second kappa shape index (κ2) is 11.6. The van der Waals surface area contributed by atoms with Crippen molar-refractivity contribution in [3.63, 3.8) is 0 Å². The molecule has 1 heterocycles. The van der Waals surface area contributed by atoms with Gasteiger partial charge in [-0.15, -0.1) is 0 Å². The quantitative estimate of drug-likeness (QED) is 0.180. The summed E-state index contributed by atoms with van der Waals surface area (Å²) in [6, 6.07) is 9.36. The molecule has 210 valence electrons. The van der Waals surface area contributed by atoms with Crippen molar-refractivity contribution in [1.82, 2.24) is 4.57 Å². The number of ether oxygens (including phenoxy) is 2. The lowest BCUT2D eigenvalue weighted by Gasteiger charge is -2.27. The Hall–Kier alpha value is -3.06. The average Bonchev–Trinajstić information content (AvgIpc) is 3.33. The number of rotatable bonds is 11. The molecular formula is C30H38NO7P. The van der Waals surface area contributed by atoms with Crippen LogP contribution in [0.3, 0.4) is 0 Å². The molecule has 0 spiro atoms. The van der Waals surface area contributed by atoms with Crippen LogP contribution in [0.5, 0.6) is 11.5 Å². The monoisotopic (exact) mass is 555 g/mol. The molecule has 0 amide bonds. The zero-order valence-electron chi connectivity index (χ0n) is 23.7. The number of phosphoric acid groups is 1. The molecule has 3 aromatic rings. The Morgan fingerprint density at radius 1 is 1.15 bits per heavy atom. The van der Waals surface area contributed by atoms with Crippen molar-refractivity contribution in [2.45, 2.75) is 72.6 Å². The second-order valence-corrected chi connectivity index (χ2v) is 12.2. The Morgan fingerprint density at radius 2 is 1.87 bits per heavy atom. The molecule has 1 atom stereocenters. The first-order valence-electron chi connectivity index (χ1n) is 13.2. The predicted octanol–water partition coefficient (Wildman–Crippen LogP) is 7.40. The Balaban J connectivity index is 1.93. The molecule has 1 aromatic heterocycles. The van der Waals surface area contributed by atoms with Gasteiger partial charge < -0.3 is 18.6 Å². The van der Waals surface area contributed by atoms with E-state index in [1.165, 1.54) is 0 Å². The standard InChI is InChI=1S/C30H38NO7P/c1-8-16-35-26-17-22-10-9-11-24(22)27-28(26)31(19-36-39(33,37-20(2)3)38-30(4,5)6)18-25(29(27)32)21-12-14-23(34-7)15-13-21/h12-15,17-18H,2,8-11,16,19H2,1,3-7H3. The maximum atomic E-state index is 14.1. The SMILES string of the molecule is C=C(C)OP(=O)(OCn1cc(-c2ccc(OC)cc2)c(=O)c2c3c(cc(OCCC)c21)CCC3)OC(C)(C)C. The van der Waals surface area contributed by atoms with E-state index < -0.39 is 13.4 Å². The fourth-order valence-corrected chi connectivity index (χ4v) is 6.24. The van der Waals surface area contributed by atoms with Crippen molar-refractivity contribution in [1.29, 1.82) is 0 Å². The first-order chi connectivity index (χ1) is 18.4. The maximum Gasteiger partial charge on any atom is 0.531 e. The number of phosphoric ester groups is 1. The predicted molar refractivity (Wildman–Crippen MR) is 153 cm³/mol. The van der Waals surface area contributed by atoms with Gasteiger partial charge in [-0.05, 0) is 88.3 Å². The summed E-state index contributed by atoms with van der Waals surface area (Å²) in [6.07, 6.45) is 5.18. The summed E-state index contributed by atoms with van der Waals surface area (Å²) in [7, 11) is -2.46. The van der Waals surface area contributed by atoms with Gasteiger partial charge in [0.05, 0.1) is 36.0 Å². The Kier molecular flexibility index (Phi) is 8.60. The number of pyridine rings is 1. The lowest BCUT2D eigenvalue weighted by Crippen LogP contribution is -2.20. The fourth-order valence-electron chi connectivity index (χ4n) is 4.78. The molecule has 2 aromatic carbocycles. The van der Waals surface area contributed by atoms with Crippen molar-refractivity contribution in [3.05, 3.63) is 70.2 Å². The summed E-state index contributed by atoms with van der Waals surface area (Å²) >= 11 is 0. The molecule has 9 heteroatoms. The number of allylic oxidation sites excluding steroid dienone is 1. The van der Waals surface area contributed by atoms with Crippen LogP contribution in [0, 0.1) is 0 Å². The second-order valence-electron chi connectivity index (χ2n) is 10.7. The molecule has 8 nitrogen and oxygen atoms in total. The number of hydrogen-bond donors (Lipinski definition) is 0. The lowest BCUT2D eigenvalue weighted by molar-refractivity contribution is 0.0426. The molecular weight excluding hydrogens is 517 g/mol. The van der Waals surface area contributed by atoms with E-state index in [-0.39, 0.29) is 17.9 Å². The summed E-state index contributed by atoms with van der Waals surface area (Å²) in [5.74, 6) is 1.49. The highest BCUT2D eigenvalue weighted by Gasteiger charge is 2.35.